The lowest BCUT2D eigenvalue weighted by molar-refractivity contribution is -0.141. The van der Waals surface area contributed by atoms with Crippen LogP contribution in [0.15, 0.2) is 42.7 Å². The minimum absolute atomic E-state index is 0.379. The molecule has 0 spiro atoms. The van der Waals surface area contributed by atoms with Crippen molar-refractivity contribution in [3.05, 3.63) is 53.9 Å². The van der Waals surface area contributed by atoms with E-state index in [4.69, 9.17) is 4.74 Å². The van der Waals surface area contributed by atoms with E-state index in [0.29, 0.717) is 5.95 Å². The van der Waals surface area contributed by atoms with Crippen LogP contribution in [0, 0.1) is 6.92 Å². The van der Waals surface area contributed by atoms with Crippen LogP contribution in [0.2, 0.25) is 0 Å². The van der Waals surface area contributed by atoms with Gasteiger partial charge in [0.15, 0.2) is 6.04 Å². The smallest absolute Gasteiger partial charge is 0.333 e. The Kier molecular flexibility index (Phi) is 4.07. The van der Waals surface area contributed by atoms with Crippen molar-refractivity contribution in [3.63, 3.8) is 0 Å². The second-order valence-corrected chi connectivity index (χ2v) is 4.10. The van der Waals surface area contributed by atoms with E-state index < -0.39 is 6.04 Å². The van der Waals surface area contributed by atoms with Gasteiger partial charge in [-0.15, -0.1) is 0 Å². The van der Waals surface area contributed by atoms with Gasteiger partial charge in [-0.05, 0) is 18.1 Å². The van der Waals surface area contributed by atoms with Gasteiger partial charge in [0.1, 0.15) is 0 Å². The van der Waals surface area contributed by atoms with E-state index in [2.05, 4.69) is 15.3 Å². The number of methoxy groups -OCH3 is 1. The third kappa shape index (κ3) is 3.28. The number of nitrogens with zero attached hydrogens (tertiary/aromatic N) is 2. The lowest BCUT2D eigenvalue weighted by Gasteiger charge is -2.16. The van der Waals surface area contributed by atoms with E-state index in [-0.39, 0.29) is 5.97 Å². The largest absolute Gasteiger partial charge is 0.467 e. The Labute approximate surface area is 111 Å². The van der Waals surface area contributed by atoms with E-state index in [1.807, 2.05) is 37.3 Å². The van der Waals surface area contributed by atoms with Gasteiger partial charge < -0.3 is 10.1 Å². The van der Waals surface area contributed by atoms with Crippen LogP contribution in [0.5, 0.6) is 0 Å². The van der Waals surface area contributed by atoms with Gasteiger partial charge in [-0.25, -0.2) is 14.8 Å². The molecule has 0 radical (unpaired) electrons. The number of benzene rings is 1. The fourth-order valence-electron chi connectivity index (χ4n) is 1.64. The molecule has 5 heteroatoms. The molecule has 1 heterocycles. The zero-order valence-corrected chi connectivity index (χ0v) is 10.8. The highest BCUT2D eigenvalue weighted by Crippen LogP contribution is 2.18. The molecule has 0 bridgehead atoms. The number of rotatable bonds is 4. The van der Waals surface area contributed by atoms with Crippen LogP contribution in [0.25, 0.3) is 0 Å². The summed E-state index contributed by atoms with van der Waals surface area (Å²) in [5, 5.41) is 2.98. The summed E-state index contributed by atoms with van der Waals surface area (Å²) in [4.78, 5) is 20.1. The first kappa shape index (κ1) is 13.0. The van der Waals surface area contributed by atoms with E-state index in [0.717, 1.165) is 11.1 Å². The fraction of sp³-hybridized carbons (Fsp3) is 0.214. The average molecular weight is 257 g/mol. The van der Waals surface area contributed by atoms with Crippen molar-refractivity contribution < 1.29 is 9.53 Å². The van der Waals surface area contributed by atoms with Crippen LogP contribution >= 0.6 is 0 Å². The highest BCUT2D eigenvalue weighted by atomic mass is 16.5. The van der Waals surface area contributed by atoms with Gasteiger partial charge in [0.2, 0.25) is 5.95 Å². The Hall–Kier alpha value is -2.43. The Morgan fingerprint density at radius 3 is 2.42 bits per heavy atom. The lowest BCUT2D eigenvalue weighted by atomic mass is 10.1. The predicted octanol–water partition coefficient (Wildman–Crippen LogP) is 2.11. The summed E-state index contributed by atoms with van der Waals surface area (Å²) in [6, 6.07) is 8.70. The molecule has 2 rings (SSSR count). The van der Waals surface area contributed by atoms with Crippen molar-refractivity contribution in [2.75, 3.05) is 12.4 Å². The summed E-state index contributed by atoms with van der Waals surface area (Å²) in [7, 11) is 1.36. The molecule has 0 amide bonds. The van der Waals surface area contributed by atoms with E-state index >= 15 is 0 Å². The average Bonchev–Trinajstić information content (AvgIpc) is 2.47. The molecule has 19 heavy (non-hydrogen) atoms. The molecule has 5 nitrogen and oxygen atoms in total. The molecule has 0 fully saturated rings. The zero-order chi connectivity index (χ0) is 13.7. The van der Waals surface area contributed by atoms with Crippen molar-refractivity contribution >= 4 is 11.9 Å². The maximum atomic E-state index is 11.8. The number of esters is 1. The van der Waals surface area contributed by atoms with Crippen LogP contribution in [0.4, 0.5) is 5.95 Å². The maximum absolute atomic E-state index is 11.8. The highest BCUT2D eigenvalue weighted by molar-refractivity contribution is 5.80. The van der Waals surface area contributed by atoms with Gasteiger partial charge in [0.05, 0.1) is 7.11 Å². The standard InChI is InChI=1S/C14H15N3O2/c1-10-8-15-14(16-9-10)17-12(13(18)19-2)11-6-4-3-5-7-11/h3-9,12H,1-2H3,(H,15,16,17). The summed E-state index contributed by atoms with van der Waals surface area (Å²) >= 11 is 0. The first-order valence-corrected chi connectivity index (χ1v) is 5.88. The molecule has 1 aromatic heterocycles. The maximum Gasteiger partial charge on any atom is 0.333 e. The van der Waals surface area contributed by atoms with E-state index in [1.54, 1.807) is 12.4 Å². The first-order valence-electron chi connectivity index (χ1n) is 5.88. The summed E-state index contributed by atoms with van der Waals surface area (Å²) < 4.78 is 4.81. The lowest BCUT2D eigenvalue weighted by Crippen LogP contribution is -2.23. The minimum Gasteiger partial charge on any atom is -0.467 e. The van der Waals surface area contributed by atoms with Crippen LogP contribution in [0.3, 0.4) is 0 Å². The van der Waals surface area contributed by atoms with Crippen molar-refractivity contribution in [3.8, 4) is 0 Å². The number of carbonyl (C=O) groups is 1. The van der Waals surface area contributed by atoms with Gasteiger partial charge in [-0.2, -0.15) is 0 Å². The van der Waals surface area contributed by atoms with Gasteiger partial charge >= 0.3 is 5.97 Å². The molecule has 1 unspecified atom stereocenters. The summed E-state index contributed by atoms with van der Waals surface area (Å²) in [6.45, 7) is 1.90. The van der Waals surface area contributed by atoms with E-state index in [9.17, 15) is 4.79 Å². The Balaban J connectivity index is 2.24. The minimum atomic E-state index is -0.617. The predicted molar refractivity (Wildman–Crippen MR) is 71.6 cm³/mol. The van der Waals surface area contributed by atoms with Crippen LogP contribution in [-0.2, 0) is 9.53 Å². The van der Waals surface area contributed by atoms with Gasteiger partial charge in [-0.1, -0.05) is 30.3 Å². The molecule has 0 saturated heterocycles. The summed E-state index contributed by atoms with van der Waals surface area (Å²) in [5.41, 5.74) is 1.76. The molecule has 1 N–H and O–H groups in total. The number of aromatic nitrogens is 2. The second-order valence-electron chi connectivity index (χ2n) is 4.10. The molecular formula is C14H15N3O2. The zero-order valence-electron chi connectivity index (χ0n) is 10.8. The molecule has 1 aromatic carbocycles. The van der Waals surface area contributed by atoms with Crippen molar-refractivity contribution in [2.45, 2.75) is 13.0 Å². The fourth-order valence-corrected chi connectivity index (χ4v) is 1.64. The molecule has 0 aliphatic rings. The molecule has 0 aliphatic heterocycles. The Bertz CT molecular complexity index is 540. The topological polar surface area (TPSA) is 64.1 Å². The third-order valence-electron chi connectivity index (χ3n) is 2.62. The number of carbonyl (C=O) groups excluding carboxylic acids is 1. The molecule has 2 aromatic rings. The van der Waals surface area contributed by atoms with Gasteiger partial charge in [-0.3, -0.25) is 0 Å². The summed E-state index contributed by atoms with van der Waals surface area (Å²) in [6.07, 6.45) is 3.38. The van der Waals surface area contributed by atoms with Gasteiger partial charge in [0.25, 0.3) is 0 Å². The van der Waals surface area contributed by atoms with Crippen molar-refractivity contribution in [1.29, 1.82) is 0 Å². The third-order valence-corrected chi connectivity index (χ3v) is 2.62. The number of nitrogens with one attached hydrogen (secondary N) is 1. The Morgan fingerprint density at radius 2 is 1.84 bits per heavy atom. The van der Waals surface area contributed by atoms with Crippen LogP contribution < -0.4 is 5.32 Å². The number of aryl methyl sites for hydroxylation is 1. The molecule has 0 aliphatic carbocycles. The quantitative estimate of drug-likeness (QED) is 0.850. The first-order chi connectivity index (χ1) is 9.20. The number of ether oxygens (including phenoxy) is 1. The normalized spacial score (nSPS) is 11.7. The number of hydrogen-bond donors (Lipinski definition) is 1. The van der Waals surface area contributed by atoms with E-state index in [1.165, 1.54) is 7.11 Å². The number of hydrogen-bond acceptors (Lipinski definition) is 5. The summed E-state index contributed by atoms with van der Waals surface area (Å²) in [5.74, 6) is 0.0141. The SMILES string of the molecule is COC(=O)C(Nc1ncc(C)cn1)c1ccccc1. The number of anilines is 1. The Morgan fingerprint density at radius 1 is 1.21 bits per heavy atom. The van der Waals surface area contributed by atoms with Crippen molar-refractivity contribution in [2.24, 2.45) is 0 Å². The monoisotopic (exact) mass is 257 g/mol. The highest BCUT2D eigenvalue weighted by Gasteiger charge is 2.21. The van der Waals surface area contributed by atoms with Crippen LogP contribution in [-0.4, -0.2) is 23.0 Å². The molecule has 98 valence electrons. The molecule has 1 atom stereocenters. The van der Waals surface area contributed by atoms with Gasteiger partial charge in [0, 0.05) is 12.4 Å². The molecular weight excluding hydrogens is 242 g/mol. The second kappa shape index (κ2) is 5.95. The molecule has 0 saturated carbocycles. The van der Waals surface area contributed by atoms with Crippen LogP contribution in [0.1, 0.15) is 17.2 Å². The van der Waals surface area contributed by atoms with Crippen molar-refractivity contribution in [1.82, 2.24) is 9.97 Å².